The molecule has 3 rings (SSSR count). The van der Waals surface area contributed by atoms with Gasteiger partial charge in [0.05, 0.1) is 11.2 Å². The highest BCUT2D eigenvalue weighted by Crippen LogP contribution is 2.29. The number of benzene rings is 1. The maximum atomic E-state index is 12.7. The molecular formula is C14H15Cl2N3O2S. The molecule has 1 aliphatic heterocycles. The Bertz CT molecular complexity index is 734. The van der Waals surface area contributed by atoms with Crippen LogP contribution in [0.15, 0.2) is 41.8 Å². The van der Waals surface area contributed by atoms with E-state index >= 15 is 0 Å². The van der Waals surface area contributed by atoms with Gasteiger partial charge in [0.1, 0.15) is 0 Å². The summed E-state index contributed by atoms with van der Waals surface area (Å²) in [7, 11) is -3.56. The molecule has 0 atom stereocenters. The number of imidazole rings is 1. The molecule has 8 heteroatoms. The van der Waals surface area contributed by atoms with Crippen LogP contribution in [0.25, 0.3) is 0 Å². The molecule has 0 saturated carbocycles. The van der Waals surface area contributed by atoms with Gasteiger partial charge in [-0.05, 0) is 31.0 Å². The van der Waals surface area contributed by atoms with Crippen molar-refractivity contribution in [1.29, 1.82) is 0 Å². The van der Waals surface area contributed by atoms with Gasteiger partial charge in [0, 0.05) is 41.6 Å². The second kappa shape index (κ2) is 6.20. The summed E-state index contributed by atoms with van der Waals surface area (Å²) in [6.45, 7) is 0.935. The van der Waals surface area contributed by atoms with Crippen molar-refractivity contribution in [3.63, 3.8) is 0 Å². The molecule has 0 aliphatic carbocycles. The molecule has 0 spiro atoms. The van der Waals surface area contributed by atoms with Gasteiger partial charge in [0.2, 0.25) is 10.0 Å². The van der Waals surface area contributed by atoms with E-state index < -0.39 is 10.0 Å². The zero-order valence-electron chi connectivity index (χ0n) is 11.7. The molecule has 1 saturated heterocycles. The van der Waals surface area contributed by atoms with Crippen molar-refractivity contribution in [3.8, 4) is 0 Å². The highest BCUT2D eigenvalue weighted by Gasteiger charge is 2.30. The van der Waals surface area contributed by atoms with E-state index in [1.807, 2.05) is 10.8 Å². The van der Waals surface area contributed by atoms with Crippen molar-refractivity contribution in [2.24, 2.45) is 0 Å². The van der Waals surface area contributed by atoms with Gasteiger partial charge in [-0.1, -0.05) is 23.2 Å². The van der Waals surface area contributed by atoms with Gasteiger partial charge in [0.15, 0.2) is 0 Å². The Kier molecular flexibility index (Phi) is 4.45. The number of piperidine rings is 1. The Hall–Kier alpha value is -1.08. The van der Waals surface area contributed by atoms with Crippen LogP contribution in [0.4, 0.5) is 0 Å². The Morgan fingerprint density at radius 2 is 1.73 bits per heavy atom. The molecule has 0 amide bonds. The van der Waals surface area contributed by atoms with Crippen molar-refractivity contribution in [2.75, 3.05) is 13.1 Å². The molecule has 0 bridgehead atoms. The molecule has 5 nitrogen and oxygen atoms in total. The van der Waals surface area contributed by atoms with Crippen molar-refractivity contribution in [2.45, 2.75) is 23.8 Å². The molecule has 1 aromatic heterocycles. The maximum absolute atomic E-state index is 12.7. The fourth-order valence-corrected chi connectivity index (χ4v) is 4.89. The molecule has 1 aliphatic rings. The number of rotatable bonds is 3. The Labute approximate surface area is 139 Å². The van der Waals surface area contributed by atoms with E-state index in [1.54, 1.807) is 12.5 Å². The number of nitrogens with zero attached hydrogens (tertiary/aromatic N) is 3. The molecule has 2 aromatic rings. The molecule has 118 valence electrons. The summed E-state index contributed by atoms with van der Waals surface area (Å²) in [5.74, 6) is 0. The predicted molar refractivity (Wildman–Crippen MR) is 85.7 cm³/mol. The Balaban J connectivity index is 1.77. The second-order valence-electron chi connectivity index (χ2n) is 5.25. The molecule has 22 heavy (non-hydrogen) atoms. The summed E-state index contributed by atoms with van der Waals surface area (Å²) in [4.78, 5) is 4.18. The average molecular weight is 360 g/mol. The van der Waals surface area contributed by atoms with Crippen molar-refractivity contribution >= 4 is 33.2 Å². The van der Waals surface area contributed by atoms with Gasteiger partial charge in [-0.25, -0.2) is 13.4 Å². The van der Waals surface area contributed by atoms with Gasteiger partial charge >= 0.3 is 0 Å². The van der Waals surface area contributed by atoms with Crippen molar-refractivity contribution in [1.82, 2.24) is 13.9 Å². The third-order valence-electron chi connectivity index (χ3n) is 3.84. The molecular weight excluding hydrogens is 345 g/mol. The molecule has 2 heterocycles. The van der Waals surface area contributed by atoms with Crippen molar-refractivity contribution in [3.05, 3.63) is 47.0 Å². The quantitative estimate of drug-likeness (QED) is 0.845. The van der Waals surface area contributed by atoms with Crippen LogP contribution in [-0.4, -0.2) is 35.4 Å². The third kappa shape index (κ3) is 3.15. The second-order valence-corrected chi connectivity index (χ2v) is 8.06. The van der Waals surface area contributed by atoms with Crippen LogP contribution < -0.4 is 0 Å². The molecule has 0 unspecified atom stereocenters. The standard InChI is InChI=1S/C14H15Cl2N3O2S/c15-11-7-12(16)9-14(8-11)22(20,21)19-4-1-13(2-5-19)18-6-3-17-10-18/h3,6-10,13H,1-2,4-5H2. The number of hydrogen-bond acceptors (Lipinski definition) is 3. The summed E-state index contributed by atoms with van der Waals surface area (Å²) in [6.07, 6.45) is 6.92. The first-order valence-electron chi connectivity index (χ1n) is 6.90. The number of hydrogen-bond donors (Lipinski definition) is 0. The van der Waals surface area contributed by atoms with Crippen LogP contribution in [0, 0.1) is 0 Å². The fraction of sp³-hybridized carbons (Fsp3) is 0.357. The zero-order valence-corrected chi connectivity index (χ0v) is 14.0. The topological polar surface area (TPSA) is 55.2 Å². The number of aromatic nitrogens is 2. The predicted octanol–water partition coefficient (Wildman–Crippen LogP) is 3.22. The Morgan fingerprint density at radius 1 is 1.09 bits per heavy atom. The van der Waals surface area contributed by atoms with E-state index in [1.165, 1.54) is 22.5 Å². The molecule has 1 aromatic carbocycles. The average Bonchev–Trinajstić information content (AvgIpc) is 3.00. The van der Waals surface area contributed by atoms with Crippen molar-refractivity contribution < 1.29 is 8.42 Å². The molecule has 0 N–H and O–H groups in total. The van der Waals surface area contributed by atoms with Crippen LogP contribution in [0.1, 0.15) is 18.9 Å². The van der Waals surface area contributed by atoms with Crippen LogP contribution in [0.2, 0.25) is 10.0 Å². The zero-order chi connectivity index (χ0) is 15.7. The van der Waals surface area contributed by atoms with E-state index in [4.69, 9.17) is 23.2 Å². The van der Waals surface area contributed by atoms with E-state index in [2.05, 4.69) is 4.98 Å². The largest absolute Gasteiger partial charge is 0.334 e. The van der Waals surface area contributed by atoms with Crippen LogP contribution in [0.5, 0.6) is 0 Å². The molecule has 1 fully saturated rings. The molecule has 0 radical (unpaired) electrons. The lowest BCUT2D eigenvalue weighted by atomic mass is 10.1. The Morgan fingerprint density at radius 3 is 2.27 bits per heavy atom. The summed E-state index contributed by atoms with van der Waals surface area (Å²) in [6, 6.07) is 4.68. The van der Waals surface area contributed by atoms with E-state index in [0.717, 1.165) is 12.8 Å². The van der Waals surface area contributed by atoms with E-state index in [-0.39, 0.29) is 10.9 Å². The van der Waals surface area contributed by atoms with Gasteiger partial charge in [-0.15, -0.1) is 0 Å². The minimum Gasteiger partial charge on any atom is -0.334 e. The lowest BCUT2D eigenvalue weighted by Crippen LogP contribution is -2.38. The van der Waals surface area contributed by atoms with Gasteiger partial charge in [-0.2, -0.15) is 4.31 Å². The normalized spacial score (nSPS) is 17.7. The first kappa shape index (κ1) is 15.8. The highest BCUT2D eigenvalue weighted by molar-refractivity contribution is 7.89. The summed E-state index contributed by atoms with van der Waals surface area (Å²) < 4.78 is 28.9. The van der Waals surface area contributed by atoms with Crippen LogP contribution >= 0.6 is 23.2 Å². The van der Waals surface area contributed by atoms with Gasteiger partial charge in [-0.3, -0.25) is 0 Å². The van der Waals surface area contributed by atoms with Gasteiger partial charge < -0.3 is 4.57 Å². The van der Waals surface area contributed by atoms with E-state index in [9.17, 15) is 8.42 Å². The highest BCUT2D eigenvalue weighted by atomic mass is 35.5. The maximum Gasteiger partial charge on any atom is 0.243 e. The summed E-state index contributed by atoms with van der Waals surface area (Å²) >= 11 is 11.8. The minimum absolute atomic E-state index is 0.145. The van der Waals surface area contributed by atoms with E-state index in [0.29, 0.717) is 23.1 Å². The van der Waals surface area contributed by atoms with Crippen LogP contribution in [-0.2, 0) is 10.0 Å². The first-order chi connectivity index (χ1) is 10.5. The summed E-state index contributed by atoms with van der Waals surface area (Å²) in [5, 5.41) is 0.638. The van der Waals surface area contributed by atoms with Gasteiger partial charge in [0.25, 0.3) is 0 Å². The minimum atomic E-state index is -3.56. The smallest absolute Gasteiger partial charge is 0.243 e. The lowest BCUT2D eigenvalue weighted by Gasteiger charge is -2.31. The summed E-state index contributed by atoms with van der Waals surface area (Å²) in [5.41, 5.74) is 0. The lowest BCUT2D eigenvalue weighted by molar-refractivity contribution is 0.274. The fourth-order valence-electron chi connectivity index (χ4n) is 2.69. The monoisotopic (exact) mass is 359 g/mol. The third-order valence-corrected chi connectivity index (χ3v) is 6.16. The first-order valence-corrected chi connectivity index (χ1v) is 9.10. The number of sulfonamides is 1. The SMILES string of the molecule is O=S(=O)(c1cc(Cl)cc(Cl)c1)N1CCC(n2ccnc2)CC1. The number of halogens is 2. The van der Waals surface area contributed by atoms with Crippen LogP contribution in [0.3, 0.4) is 0 Å².